The number of rotatable bonds is 2. The highest BCUT2D eigenvalue weighted by Gasteiger charge is 2.18. The van der Waals surface area contributed by atoms with Crippen molar-refractivity contribution in [1.82, 2.24) is 4.90 Å². The fourth-order valence-corrected chi connectivity index (χ4v) is 1.76. The van der Waals surface area contributed by atoms with Crippen LogP contribution in [0.4, 0.5) is 0 Å². The summed E-state index contributed by atoms with van der Waals surface area (Å²) in [6.45, 7) is 4.92. The van der Waals surface area contributed by atoms with Crippen LogP contribution in [0, 0.1) is 17.2 Å². The van der Waals surface area contributed by atoms with Crippen molar-refractivity contribution in [3.05, 3.63) is 11.1 Å². The van der Waals surface area contributed by atoms with E-state index in [4.69, 9.17) is 16.9 Å². The summed E-state index contributed by atoms with van der Waals surface area (Å²) < 4.78 is 0. The molecule has 0 saturated carbocycles. The number of halogens is 1. The van der Waals surface area contributed by atoms with E-state index in [1.807, 2.05) is 6.92 Å². The second-order valence-corrected chi connectivity index (χ2v) is 3.88. The molecule has 0 spiro atoms. The zero-order valence-electron chi connectivity index (χ0n) is 7.96. The molecular formula is C10H15ClN2. The van der Waals surface area contributed by atoms with Gasteiger partial charge in [-0.05, 0) is 31.9 Å². The lowest BCUT2D eigenvalue weighted by Crippen LogP contribution is -2.35. The normalized spacial score (nSPS) is 25.6. The molecule has 72 valence electrons. The molecule has 1 saturated heterocycles. The van der Waals surface area contributed by atoms with Gasteiger partial charge in [0.05, 0.1) is 12.0 Å². The van der Waals surface area contributed by atoms with E-state index in [2.05, 4.69) is 11.0 Å². The summed E-state index contributed by atoms with van der Waals surface area (Å²) in [5.74, 6) is 0.219. The van der Waals surface area contributed by atoms with Gasteiger partial charge in [0.2, 0.25) is 0 Å². The standard InChI is InChI=1S/C10H15ClN2/c1-9(5-11)7-13-4-2-3-10(6-12)8-13/h5,10H,2-4,7-8H2,1H3/b9-5+. The molecule has 1 aliphatic rings. The van der Waals surface area contributed by atoms with E-state index in [0.29, 0.717) is 0 Å². The molecule has 1 heterocycles. The average Bonchev–Trinajstić information content (AvgIpc) is 2.18. The smallest absolute Gasteiger partial charge is 0.0669 e. The zero-order chi connectivity index (χ0) is 9.68. The molecule has 0 amide bonds. The maximum absolute atomic E-state index is 8.78. The molecule has 2 nitrogen and oxygen atoms in total. The number of hydrogen-bond acceptors (Lipinski definition) is 2. The Bertz CT molecular complexity index is 230. The van der Waals surface area contributed by atoms with Gasteiger partial charge in [0.1, 0.15) is 0 Å². The van der Waals surface area contributed by atoms with Crippen molar-refractivity contribution in [3.8, 4) is 6.07 Å². The first-order valence-corrected chi connectivity index (χ1v) is 5.07. The molecule has 1 aliphatic heterocycles. The molecular weight excluding hydrogens is 184 g/mol. The second-order valence-electron chi connectivity index (χ2n) is 3.66. The van der Waals surface area contributed by atoms with Crippen LogP contribution in [0.2, 0.25) is 0 Å². The largest absolute Gasteiger partial charge is 0.298 e. The van der Waals surface area contributed by atoms with Crippen molar-refractivity contribution in [2.45, 2.75) is 19.8 Å². The van der Waals surface area contributed by atoms with Crippen molar-refractivity contribution >= 4 is 11.6 Å². The lowest BCUT2D eigenvalue weighted by molar-refractivity contribution is 0.215. The molecule has 1 atom stereocenters. The first-order chi connectivity index (χ1) is 6.26. The molecule has 1 rings (SSSR count). The van der Waals surface area contributed by atoms with Crippen molar-refractivity contribution in [2.24, 2.45) is 5.92 Å². The molecule has 0 aromatic carbocycles. The SMILES string of the molecule is C/C(=C\Cl)CN1CCCC(C#N)C1. The molecule has 0 aromatic heterocycles. The van der Waals surface area contributed by atoms with Crippen molar-refractivity contribution in [2.75, 3.05) is 19.6 Å². The Morgan fingerprint density at radius 1 is 1.77 bits per heavy atom. The predicted molar refractivity (Wildman–Crippen MR) is 54.4 cm³/mol. The van der Waals surface area contributed by atoms with Gasteiger partial charge in [-0.3, -0.25) is 4.90 Å². The molecule has 0 aliphatic carbocycles. The predicted octanol–water partition coefficient (Wildman–Crippen LogP) is 2.36. The summed E-state index contributed by atoms with van der Waals surface area (Å²) in [6, 6.07) is 2.33. The van der Waals surface area contributed by atoms with Crippen molar-refractivity contribution < 1.29 is 0 Å². The highest BCUT2D eigenvalue weighted by Crippen LogP contribution is 2.16. The summed E-state index contributed by atoms with van der Waals surface area (Å²) in [4.78, 5) is 2.30. The quantitative estimate of drug-likeness (QED) is 0.681. The van der Waals surface area contributed by atoms with Gasteiger partial charge < -0.3 is 0 Å². The topological polar surface area (TPSA) is 27.0 Å². The zero-order valence-corrected chi connectivity index (χ0v) is 8.72. The van der Waals surface area contributed by atoms with E-state index in [-0.39, 0.29) is 5.92 Å². The maximum atomic E-state index is 8.78. The highest BCUT2D eigenvalue weighted by molar-refractivity contribution is 6.25. The molecule has 3 heteroatoms. The van der Waals surface area contributed by atoms with Crippen LogP contribution in [-0.2, 0) is 0 Å². The number of likely N-dealkylation sites (tertiary alicyclic amines) is 1. The molecule has 1 fully saturated rings. The summed E-state index contributed by atoms with van der Waals surface area (Å²) in [5, 5.41) is 8.78. The van der Waals surface area contributed by atoms with Crippen LogP contribution in [0.3, 0.4) is 0 Å². The van der Waals surface area contributed by atoms with E-state index >= 15 is 0 Å². The third-order valence-corrected chi connectivity index (χ3v) is 2.72. The Morgan fingerprint density at radius 2 is 2.54 bits per heavy atom. The molecule has 13 heavy (non-hydrogen) atoms. The van der Waals surface area contributed by atoms with E-state index < -0.39 is 0 Å². The van der Waals surface area contributed by atoms with Gasteiger partial charge in [0, 0.05) is 18.6 Å². The highest BCUT2D eigenvalue weighted by atomic mass is 35.5. The Kier molecular flexibility index (Phi) is 4.27. The Labute approximate surface area is 84.8 Å². The summed E-state index contributed by atoms with van der Waals surface area (Å²) in [6.07, 6.45) is 2.18. The molecule has 0 radical (unpaired) electrons. The number of nitrogens with zero attached hydrogens (tertiary/aromatic N) is 2. The Hall–Kier alpha value is -0.520. The summed E-state index contributed by atoms with van der Waals surface area (Å²) >= 11 is 5.59. The lowest BCUT2D eigenvalue weighted by atomic mass is 9.99. The van der Waals surface area contributed by atoms with E-state index in [9.17, 15) is 0 Å². The van der Waals surface area contributed by atoms with Crippen molar-refractivity contribution in [3.63, 3.8) is 0 Å². The molecule has 0 aromatic rings. The monoisotopic (exact) mass is 198 g/mol. The van der Waals surface area contributed by atoms with Crippen molar-refractivity contribution in [1.29, 1.82) is 5.26 Å². The van der Waals surface area contributed by atoms with Crippen LogP contribution in [-0.4, -0.2) is 24.5 Å². The van der Waals surface area contributed by atoms with Crippen LogP contribution in [0.15, 0.2) is 11.1 Å². The average molecular weight is 199 g/mol. The number of nitriles is 1. The van der Waals surface area contributed by atoms with Gasteiger partial charge in [-0.1, -0.05) is 11.6 Å². The Balaban J connectivity index is 2.39. The lowest BCUT2D eigenvalue weighted by Gasteiger charge is -2.29. The first kappa shape index (κ1) is 10.6. The van der Waals surface area contributed by atoms with Gasteiger partial charge in [0.15, 0.2) is 0 Å². The number of piperidine rings is 1. The fourth-order valence-electron chi connectivity index (χ4n) is 1.69. The van der Waals surface area contributed by atoms with Crippen LogP contribution >= 0.6 is 11.6 Å². The van der Waals surface area contributed by atoms with Crippen LogP contribution in [0.25, 0.3) is 0 Å². The van der Waals surface area contributed by atoms with Crippen LogP contribution < -0.4 is 0 Å². The van der Waals surface area contributed by atoms with E-state index in [1.54, 1.807) is 5.54 Å². The second kappa shape index (κ2) is 5.26. The fraction of sp³-hybridized carbons (Fsp3) is 0.700. The van der Waals surface area contributed by atoms with Crippen LogP contribution in [0.1, 0.15) is 19.8 Å². The molecule has 1 unspecified atom stereocenters. The summed E-state index contributed by atoms with van der Waals surface area (Å²) in [7, 11) is 0. The first-order valence-electron chi connectivity index (χ1n) is 4.64. The Morgan fingerprint density at radius 3 is 3.15 bits per heavy atom. The van der Waals surface area contributed by atoms with Gasteiger partial charge >= 0.3 is 0 Å². The number of hydrogen-bond donors (Lipinski definition) is 0. The minimum atomic E-state index is 0.219. The van der Waals surface area contributed by atoms with E-state index in [1.165, 1.54) is 5.57 Å². The third kappa shape index (κ3) is 3.38. The van der Waals surface area contributed by atoms with Gasteiger partial charge in [-0.25, -0.2) is 0 Å². The van der Waals surface area contributed by atoms with E-state index in [0.717, 1.165) is 32.5 Å². The minimum Gasteiger partial charge on any atom is -0.298 e. The minimum absolute atomic E-state index is 0.219. The van der Waals surface area contributed by atoms with Gasteiger partial charge in [0.25, 0.3) is 0 Å². The van der Waals surface area contributed by atoms with Gasteiger partial charge in [-0.2, -0.15) is 5.26 Å². The third-order valence-electron chi connectivity index (χ3n) is 2.35. The summed E-state index contributed by atoms with van der Waals surface area (Å²) in [5.41, 5.74) is 2.79. The molecule has 0 N–H and O–H groups in total. The van der Waals surface area contributed by atoms with Crippen LogP contribution in [0.5, 0.6) is 0 Å². The maximum Gasteiger partial charge on any atom is 0.0669 e. The molecule has 0 bridgehead atoms. The van der Waals surface area contributed by atoms with Gasteiger partial charge in [-0.15, -0.1) is 0 Å².